The van der Waals surface area contributed by atoms with Gasteiger partial charge in [0, 0.05) is 13.0 Å². The minimum Gasteiger partial charge on any atom is -0.497 e. The molecule has 1 aromatic rings. The van der Waals surface area contributed by atoms with Gasteiger partial charge in [-0.2, -0.15) is 0 Å². The molecule has 0 aromatic heterocycles. The summed E-state index contributed by atoms with van der Waals surface area (Å²) in [5.41, 5.74) is 6.28. The standard InChI is InChI=1S/C15H20N2O4/c1-20-12-4-2-10(3-5-12)8-13(14(16)18)17-15(19)11-6-7-21-9-11/h2-5,11,13H,6-9H2,1H3,(H2,16,18)(H,17,19)/t11-,13-/m0/s1. The summed E-state index contributed by atoms with van der Waals surface area (Å²) in [6.07, 6.45) is 1.04. The number of methoxy groups -OCH3 is 1. The number of nitrogens with two attached hydrogens (primary N) is 1. The molecule has 0 aliphatic carbocycles. The van der Waals surface area contributed by atoms with Crippen LogP contribution in [0.25, 0.3) is 0 Å². The Morgan fingerprint density at radius 1 is 1.43 bits per heavy atom. The molecule has 1 fully saturated rings. The molecule has 2 atom stereocenters. The lowest BCUT2D eigenvalue weighted by Gasteiger charge is -2.18. The fraction of sp³-hybridized carbons (Fsp3) is 0.467. The van der Waals surface area contributed by atoms with Crippen LogP contribution in [0.3, 0.4) is 0 Å². The Bertz CT molecular complexity index is 495. The molecule has 0 spiro atoms. The largest absolute Gasteiger partial charge is 0.497 e. The number of hydrogen-bond donors (Lipinski definition) is 2. The highest BCUT2D eigenvalue weighted by atomic mass is 16.5. The van der Waals surface area contributed by atoms with Crippen LogP contribution in [0, 0.1) is 5.92 Å². The molecule has 1 heterocycles. The third kappa shape index (κ3) is 4.19. The van der Waals surface area contributed by atoms with Crippen molar-refractivity contribution < 1.29 is 19.1 Å². The maximum absolute atomic E-state index is 12.0. The molecule has 2 rings (SSSR count). The first-order chi connectivity index (χ1) is 10.1. The molecule has 2 amide bonds. The summed E-state index contributed by atoms with van der Waals surface area (Å²) in [5.74, 6) is -0.174. The molecule has 0 saturated carbocycles. The Morgan fingerprint density at radius 3 is 2.67 bits per heavy atom. The third-order valence-electron chi connectivity index (χ3n) is 3.56. The first-order valence-corrected chi connectivity index (χ1v) is 6.90. The molecule has 0 unspecified atom stereocenters. The van der Waals surface area contributed by atoms with E-state index in [0.29, 0.717) is 26.1 Å². The molecule has 1 aliphatic heterocycles. The second-order valence-corrected chi connectivity index (χ2v) is 5.08. The molecule has 1 aromatic carbocycles. The second kappa shape index (κ2) is 7.08. The van der Waals surface area contributed by atoms with E-state index in [1.807, 2.05) is 12.1 Å². The van der Waals surface area contributed by atoms with Gasteiger partial charge in [0.15, 0.2) is 0 Å². The number of ether oxygens (including phenoxy) is 2. The molecule has 114 valence electrons. The summed E-state index contributed by atoms with van der Waals surface area (Å²) in [5, 5.41) is 2.71. The smallest absolute Gasteiger partial charge is 0.240 e. The first kappa shape index (κ1) is 15.3. The molecule has 6 heteroatoms. The molecule has 1 aliphatic rings. The summed E-state index contributed by atoms with van der Waals surface area (Å²) in [7, 11) is 1.59. The van der Waals surface area contributed by atoms with Crippen LogP contribution in [0.15, 0.2) is 24.3 Å². The fourth-order valence-electron chi connectivity index (χ4n) is 2.25. The van der Waals surface area contributed by atoms with Crippen LogP contribution in [0.2, 0.25) is 0 Å². The van der Waals surface area contributed by atoms with Crippen LogP contribution in [-0.4, -0.2) is 38.2 Å². The van der Waals surface area contributed by atoms with Gasteiger partial charge in [-0.05, 0) is 24.1 Å². The number of carbonyl (C=O) groups excluding carboxylic acids is 2. The number of benzene rings is 1. The van der Waals surface area contributed by atoms with Crippen molar-refractivity contribution >= 4 is 11.8 Å². The van der Waals surface area contributed by atoms with Crippen molar-refractivity contribution in [2.24, 2.45) is 11.7 Å². The number of primary amides is 1. The van der Waals surface area contributed by atoms with Crippen LogP contribution < -0.4 is 15.8 Å². The highest BCUT2D eigenvalue weighted by Gasteiger charge is 2.27. The van der Waals surface area contributed by atoms with Gasteiger partial charge in [-0.25, -0.2) is 0 Å². The number of amides is 2. The number of rotatable bonds is 6. The zero-order chi connectivity index (χ0) is 15.2. The normalized spacial score (nSPS) is 19.0. The van der Waals surface area contributed by atoms with Gasteiger partial charge in [-0.1, -0.05) is 12.1 Å². The second-order valence-electron chi connectivity index (χ2n) is 5.08. The summed E-state index contributed by atoms with van der Waals surface area (Å²) < 4.78 is 10.3. The minimum atomic E-state index is -0.716. The van der Waals surface area contributed by atoms with Crippen molar-refractivity contribution in [2.45, 2.75) is 18.9 Å². The van der Waals surface area contributed by atoms with E-state index in [2.05, 4.69) is 5.32 Å². The van der Waals surface area contributed by atoms with Crippen molar-refractivity contribution in [3.8, 4) is 5.75 Å². The summed E-state index contributed by atoms with van der Waals surface area (Å²) in [6.45, 7) is 0.984. The average Bonchev–Trinajstić information content (AvgIpc) is 3.01. The van der Waals surface area contributed by atoms with Crippen LogP contribution in [-0.2, 0) is 20.7 Å². The van der Waals surface area contributed by atoms with Gasteiger partial charge < -0.3 is 20.5 Å². The van der Waals surface area contributed by atoms with Gasteiger partial charge in [-0.15, -0.1) is 0 Å². The van der Waals surface area contributed by atoms with Crippen molar-refractivity contribution in [3.63, 3.8) is 0 Å². The Morgan fingerprint density at radius 2 is 2.14 bits per heavy atom. The Hall–Kier alpha value is -2.08. The third-order valence-corrected chi connectivity index (χ3v) is 3.56. The zero-order valence-electron chi connectivity index (χ0n) is 12.0. The Kier molecular flexibility index (Phi) is 5.16. The van der Waals surface area contributed by atoms with E-state index in [4.69, 9.17) is 15.2 Å². The summed E-state index contributed by atoms with van der Waals surface area (Å²) >= 11 is 0. The maximum atomic E-state index is 12.0. The monoisotopic (exact) mass is 292 g/mol. The van der Waals surface area contributed by atoms with Crippen LogP contribution in [0.5, 0.6) is 5.75 Å². The lowest BCUT2D eigenvalue weighted by Crippen LogP contribution is -2.48. The maximum Gasteiger partial charge on any atom is 0.240 e. The highest BCUT2D eigenvalue weighted by molar-refractivity contribution is 5.87. The molecule has 0 bridgehead atoms. The fourth-order valence-corrected chi connectivity index (χ4v) is 2.25. The van der Waals surface area contributed by atoms with E-state index >= 15 is 0 Å². The summed E-state index contributed by atoms with van der Waals surface area (Å²) in [6, 6.07) is 6.59. The van der Waals surface area contributed by atoms with Crippen molar-refractivity contribution in [1.29, 1.82) is 0 Å². The minimum absolute atomic E-state index is 0.176. The topological polar surface area (TPSA) is 90.7 Å². The van der Waals surface area contributed by atoms with Gasteiger partial charge in [0.05, 0.1) is 19.6 Å². The van der Waals surface area contributed by atoms with Gasteiger partial charge in [-0.3, -0.25) is 9.59 Å². The summed E-state index contributed by atoms with van der Waals surface area (Å²) in [4.78, 5) is 23.6. The van der Waals surface area contributed by atoms with E-state index in [-0.39, 0.29) is 11.8 Å². The Balaban J connectivity index is 1.97. The molecule has 1 saturated heterocycles. The van der Waals surface area contributed by atoms with E-state index in [1.54, 1.807) is 19.2 Å². The number of carbonyl (C=O) groups is 2. The predicted molar refractivity (Wildman–Crippen MR) is 76.7 cm³/mol. The quantitative estimate of drug-likeness (QED) is 0.786. The molecule has 0 radical (unpaired) electrons. The van der Waals surface area contributed by atoms with Crippen LogP contribution in [0.4, 0.5) is 0 Å². The van der Waals surface area contributed by atoms with E-state index in [9.17, 15) is 9.59 Å². The highest BCUT2D eigenvalue weighted by Crippen LogP contribution is 2.15. The van der Waals surface area contributed by atoms with Crippen molar-refractivity contribution in [2.75, 3.05) is 20.3 Å². The van der Waals surface area contributed by atoms with E-state index in [1.165, 1.54) is 0 Å². The van der Waals surface area contributed by atoms with Gasteiger partial charge >= 0.3 is 0 Å². The average molecular weight is 292 g/mol. The first-order valence-electron chi connectivity index (χ1n) is 6.90. The molecule has 21 heavy (non-hydrogen) atoms. The molecular formula is C15H20N2O4. The predicted octanol–water partition coefficient (Wildman–Crippen LogP) is 0.244. The molecule has 3 N–H and O–H groups in total. The SMILES string of the molecule is COc1ccc(C[C@H](NC(=O)[C@H]2CCOC2)C(N)=O)cc1. The van der Waals surface area contributed by atoms with Crippen molar-refractivity contribution in [3.05, 3.63) is 29.8 Å². The zero-order valence-corrected chi connectivity index (χ0v) is 12.0. The van der Waals surface area contributed by atoms with Crippen molar-refractivity contribution in [1.82, 2.24) is 5.32 Å². The van der Waals surface area contributed by atoms with E-state index in [0.717, 1.165) is 11.3 Å². The van der Waals surface area contributed by atoms with Gasteiger partial charge in [0.1, 0.15) is 11.8 Å². The van der Waals surface area contributed by atoms with Gasteiger partial charge in [0.25, 0.3) is 0 Å². The van der Waals surface area contributed by atoms with Gasteiger partial charge in [0.2, 0.25) is 11.8 Å². The number of nitrogens with one attached hydrogen (secondary N) is 1. The lowest BCUT2D eigenvalue weighted by molar-refractivity contribution is -0.129. The molecular weight excluding hydrogens is 272 g/mol. The lowest BCUT2D eigenvalue weighted by atomic mass is 10.0. The number of hydrogen-bond acceptors (Lipinski definition) is 4. The Labute approximate surface area is 123 Å². The molecule has 6 nitrogen and oxygen atoms in total. The van der Waals surface area contributed by atoms with Crippen LogP contribution >= 0.6 is 0 Å². The van der Waals surface area contributed by atoms with E-state index < -0.39 is 11.9 Å². The van der Waals surface area contributed by atoms with Crippen LogP contribution in [0.1, 0.15) is 12.0 Å².